The van der Waals surface area contributed by atoms with Gasteiger partial charge in [-0.1, -0.05) is 6.07 Å². The molecule has 1 aromatic carbocycles. The highest BCUT2D eigenvalue weighted by molar-refractivity contribution is 5.37. The lowest BCUT2D eigenvalue weighted by atomic mass is 10.1. The van der Waals surface area contributed by atoms with Gasteiger partial charge in [0.15, 0.2) is 0 Å². The number of rotatable bonds is 7. The lowest BCUT2D eigenvalue weighted by Crippen LogP contribution is -2.35. The molecule has 136 valence electrons. The molecule has 2 heterocycles. The summed E-state index contributed by atoms with van der Waals surface area (Å²) in [6.07, 6.45) is 1.93. The first-order chi connectivity index (χ1) is 12.2. The first-order valence-corrected chi connectivity index (χ1v) is 8.81. The summed E-state index contributed by atoms with van der Waals surface area (Å²) in [6.45, 7) is 8.23. The fraction of sp³-hybridized carbons (Fsp3) is 0.526. The molecule has 2 aromatic rings. The van der Waals surface area contributed by atoms with Gasteiger partial charge in [-0.15, -0.1) is 0 Å². The zero-order chi connectivity index (χ0) is 17.6. The Balaban J connectivity index is 1.61. The zero-order valence-electron chi connectivity index (χ0n) is 15.4. The van der Waals surface area contributed by atoms with Crippen molar-refractivity contribution in [2.24, 2.45) is 7.05 Å². The van der Waals surface area contributed by atoms with Crippen LogP contribution in [-0.4, -0.2) is 48.1 Å². The summed E-state index contributed by atoms with van der Waals surface area (Å²) in [7, 11) is 3.71. The van der Waals surface area contributed by atoms with Crippen molar-refractivity contribution in [3.8, 4) is 5.75 Å². The van der Waals surface area contributed by atoms with Crippen LogP contribution in [0.5, 0.6) is 5.75 Å². The van der Waals surface area contributed by atoms with Crippen LogP contribution in [0.4, 0.5) is 0 Å². The second-order valence-electron chi connectivity index (χ2n) is 6.52. The summed E-state index contributed by atoms with van der Waals surface area (Å²) in [5.74, 6) is 0.957. The number of nitrogens with one attached hydrogen (secondary N) is 1. The van der Waals surface area contributed by atoms with E-state index in [1.807, 2.05) is 17.9 Å². The highest BCUT2D eigenvalue weighted by atomic mass is 16.5. The van der Waals surface area contributed by atoms with Crippen LogP contribution in [0.25, 0.3) is 0 Å². The molecule has 3 rings (SSSR count). The van der Waals surface area contributed by atoms with Crippen molar-refractivity contribution in [3.05, 3.63) is 46.8 Å². The highest BCUT2D eigenvalue weighted by Gasteiger charge is 2.14. The minimum atomic E-state index is 0.814. The number of benzene rings is 1. The maximum atomic E-state index is 5.54. The number of hydrogen-bond donors (Lipinski definition) is 1. The topological polar surface area (TPSA) is 51.5 Å². The van der Waals surface area contributed by atoms with Gasteiger partial charge in [0.2, 0.25) is 0 Å². The minimum Gasteiger partial charge on any atom is -0.496 e. The molecule has 0 bridgehead atoms. The summed E-state index contributed by atoms with van der Waals surface area (Å²) < 4.78 is 12.9. The third-order valence-electron chi connectivity index (χ3n) is 4.82. The van der Waals surface area contributed by atoms with E-state index in [1.54, 1.807) is 7.11 Å². The number of morpholine rings is 1. The molecular weight excluding hydrogens is 316 g/mol. The zero-order valence-corrected chi connectivity index (χ0v) is 15.4. The van der Waals surface area contributed by atoms with Crippen LogP contribution in [0.2, 0.25) is 0 Å². The van der Waals surface area contributed by atoms with Gasteiger partial charge in [-0.3, -0.25) is 9.58 Å². The highest BCUT2D eigenvalue weighted by Crippen LogP contribution is 2.22. The first kappa shape index (κ1) is 17.9. The van der Waals surface area contributed by atoms with Crippen LogP contribution in [0, 0.1) is 6.92 Å². The van der Waals surface area contributed by atoms with Gasteiger partial charge >= 0.3 is 0 Å². The van der Waals surface area contributed by atoms with Crippen LogP contribution < -0.4 is 10.1 Å². The van der Waals surface area contributed by atoms with E-state index in [9.17, 15) is 0 Å². The molecule has 0 unspecified atom stereocenters. The van der Waals surface area contributed by atoms with Gasteiger partial charge < -0.3 is 14.8 Å². The van der Waals surface area contributed by atoms with Crippen molar-refractivity contribution in [2.45, 2.75) is 26.6 Å². The number of aromatic nitrogens is 2. The maximum absolute atomic E-state index is 5.54. The Kier molecular flexibility index (Phi) is 6.07. The molecule has 1 aliphatic heterocycles. The predicted molar refractivity (Wildman–Crippen MR) is 97.6 cm³/mol. The van der Waals surface area contributed by atoms with Crippen LogP contribution in [0.1, 0.15) is 22.4 Å². The average Bonchev–Trinajstić information content (AvgIpc) is 2.95. The van der Waals surface area contributed by atoms with Gasteiger partial charge in [-0.2, -0.15) is 5.10 Å². The first-order valence-electron chi connectivity index (χ1n) is 8.81. The number of hydrogen-bond acceptors (Lipinski definition) is 5. The monoisotopic (exact) mass is 344 g/mol. The molecule has 6 heteroatoms. The van der Waals surface area contributed by atoms with E-state index >= 15 is 0 Å². The molecule has 0 aliphatic carbocycles. The van der Waals surface area contributed by atoms with Crippen molar-refractivity contribution in [1.29, 1.82) is 0 Å². The van der Waals surface area contributed by atoms with Gasteiger partial charge in [-0.25, -0.2) is 0 Å². The summed E-state index contributed by atoms with van der Waals surface area (Å²) in [6, 6.07) is 6.45. The van der Waals surface area contributed by atoms with E-state index in [2.05, 4.69) is 40.4 Å². The fourth-order valence-corrected chi connectivity index (χ4v) is 3.12. The van der Waals surface area contributed by atoms with E-state index in [-0.39, 0.29) is 0 Å². The van der Waals surface area contributed by atoms with Crippen LogP contribution in [0.3, 0.4) is 0 Å². The number of methoxy groups -OCH3 is 1. The Hall–Kier alpha value is -1.89. The Morgan fingerprint density at radius 2 is 2.00 bits per heavy atom. The SMILES string of the molecule is COc1ccc(CNCc2cnn(C)c2C)cc1CN1CCOCC1. The number of aryl methyl sites for hydroxylation is 1. The lowest BCUT2D eigenvalue weighted by Gasteiger charge is -2.27. The average molecular weight is 344 g/mol. The third kappa shape index (κ3) is 4.60. The van der Waals surface area contributed by atoms with Gasteiger partial charge in [0.25, 0.3) is 0 Å². The van der Waals surface area contributed by atoms with Gasteiger partial charge in [0.1, 0.15) is 5.75 Å². The Morgan fingerprint density at radius 3 is 2.68 bits per heavy atom. The molecule has 1 N–H and O–H groups in total. The molecular formula is C19H28N4O2. The van der Waals surface area contributed by atoms with Crippen molar-refractivity contribution < 1.29 is 9.47 Å². The van der Waals surface area contributed by atoms with E-state index in [0.29, 0.717) is 0 Å². The van der Waals surface area contributed by atoms with Crippen molar-refractivity contribution in [2.75, 3.05) is 33.4 Å². The van der Waals surface area contributed by atoms with Gasteiger partial charge in [-0.05, 0) is 24.6 Å². The van der Waals surface area contributed by atoms with E-state index < -0.39 is 0 Å². The molecule has 0 amide bonds. The summed E-state index contributed by atoms with van der Waals surface area (Å²) in [5, 5.41) is 7.80. The van der Waals surface area contributed by atoms with Gasteiger partial charge in [0.05, 0.1) is 26.5 Å². The van der Waals surface area contributed by atoms with Crippen LogP contribution >= 0.6 is 0 Å². The van der Waals surface area contributed by atoms with Crippen molar-refractivity contribution in [1.82, 2.24) is 20.0 Å². The van der Waals surface area contributed by atoms with Crippen molar-refractivity contribution >= 4 is 0 Å². The summed E-state index contributed by atoms with van der Waals surface area (Å²) >= 11 is 0. The molecule has 0 radical (unpaired) electrons. The van der Waals surface area contributed by atoms with Crippen LogP contribution in [0.15, 0.2) is 24.4 Å². The summed E-state index contributed by atoms with van der Waals surface area (Å²) in [5.41, 5.74) is 4.95. The maximum Gasteiger partial charge on any atom is 0.123 e. The Morgan fingerprint density at radius 1 is 1.20 bits per heavy atom. The molecule has 1 aromatic heterocycles. The Labute approximate surface area is 149 Å². The van der Waals surface area contributed by atoms with E-state index in [4.69, 9.17) is 9.47 Å². The fourth-order valence-electron chi connectivity index (χ4n) is 3.12. The molecule has 0 saturated carbocycles. The minimum absolute atomic E-state index is 0.814. The van der Waals surface area contributed by atoms with Crippen molar-refractivity contribution in [3.63, 3.8) is 0 Å². The largest absolute Gasteiger partial charge is 0.496 e. The molecule has 1 saturated heterocycles. The smallest absolute Gasteiger partial charge is 0.123 e. The van der Waals surface area contributed by atoms with E-state index in [0.717, 1.165) is 51.7 Å². The molecule has 0 spiro atoms. The quantitative estimate of drug-likeness (QED) is 0.831. The second kappa shape index (κ2) is 8.47. The molecule has 25 heavy (non-hydrogen) atoms. The number of nitrogens with zero attached hydrogens (tertiary/aromatic N) is 3. The lowest BCUT2D eigenvalue weighted by molar-refractivity contribution is 0.0339. The van der Waals surface area contributed by atoms with Crippen LogP contribution in [-0.2, 0) is 31.4 Å². The molecule has 0 atom stereocenters. The third-order valence-corrected chi connectivity index (χ3v) is 4.82. The normalized spacial score (nSPS) is 15.5. The molecule has 6 nitrogen and oxygen atoms in total. The van der Waals surface area contributed by atoms with Gasteiger partial charge in [0, 0.05) is 56.6 Å². The predicted octanol–water partition coefficient (Wildman–Crippen LogP) is 1.86. The number of ether oxygens (including phenoxy) is 2. The molecule has 1 fully saturated rings. The second-order valence-corrected chi connectivity index (χ2v) is 6.52. The Bertz CT molecular complexity index is 693. The van der Waals surface area contributed by atoms with E-state index in [1.165, 1.54) is 22.4 Å². The summed E-state index contributed by atoms with van der Waals surface area (Å²) in [4.78, 5) is 2.41. The molecule has 1 aliphatic rings. The standard InChI is InChI=1S/C19H28N4O2/c1-15-18(13-21-22(15)2)12-20-11-16-4-5-19(24-3)17(10-16)14-23-6-8-25-9-7-23/h4-5,10,13,20H,6-9,11-12,14H2,1-3H3.